The number of methoxy groups -OCH3 is 2. The minimum atomic E-state index is -0.103. The lowest BCUT2D eigenvalue weighted by atomic mass is 10.1. The van der Waals surface area contributed by atoms with Gasteiger partial charge in [-0.1, -0.05) is 41.7 Å². The molecule has 0 unspecified atom stereocenters. The number of carbonyl (C=O) groups is 1. The van der Waals surface area contributed by atoms with Crippen molar-refractivity contribution in [2.45, 2.75) is 6.42 Å². The van der Waals surface area contributed by atoms with Crippen molar-refractivity contribution < 1.29 is 19.0 Å². The Labute approximate surface area is 200 Å². The molecule has 1 N–H and O–H groups in total. The van der Waals surface area contributed by atoms with E-state index in [9.17, 15) is 4.79 Å². The van der Waals surface area contributed by atoms with Gasteiger partial charge < -0.3 is 19.5 Å². The number of thiazole rings is 1. The lowest BCUT2D eigenvalue weighted by Gasteiger charge is -2.10. The van der Waals surface area contributed by atoms with Crippen LogP contribution in [0.2, 0.25) is 0 Å². The summed E-state index contributed by atoms with van der Waals surface area (Å²) >= 11 is 1.40. The second kappa shape index (κ2) is 9.36. The molecule has 0 spiro atoms. The van der Waals surface area contributed by atoms with Crippen LogP contribution in [0.4, 0.5) is 5.13 Å². The molecule has 0 aliphatic carbocycles. The van der Waals surface area contributed by atoms with Crippen molar-refractivity contribution in [2.75, 3.05) is 19.5 Å². The number of hydrogen-bond acceptors (Lipinski definition) is 7. The van der Waals surface area contributed by atoms with Crippen molar-refractivity contribution in [3.63, 3.8) is 0 Å². The molecule has 0 bridgehead atoms. The van der Waals surface area contributed by atoms with Gasteiger partial charge in [-0.3, -0.25) is 4.79 Å². The summed E-state index contributed by atoms with van der Waals surface area (Å²) in [5.74, 6) is 2.24. The molecule has 8 heteroatoms. The zero-order chi connectivity index (χ0) is 23.5. The Morgan fingerprint density at radius 2 is 1.68 bits per heavy atom. The summed E-state index contributed by atoms with van der Waals surface area (Å²) < 4.78 is 17.6. The number of rotatable bonds is 7. The van der Waals surface area contributed by atoms with E-state index in [1.54, 1.807) is 20.3 Å². The molecule has 0 saturated heterocycles. The molecule has 7 nitrogen and oxygen atoms in total. The minimum Gasteiger partial charge on any atom is -0.493 e. The van der Waals surface area contributed by atoms with Crippen molar-refractivity contribution >= 4 is 43.5 Å². The third kappa shape index (κ3) is 4.62. The Balaban J connectivity index is 1.33. The van der Waals surface area contributed by atoms with E-state index >= 15 is 0 Å². The molecule has 0 aliphatic rings. The van der Waals surface area contributed by atoms with Crippen LogP contribution in [0.15, 0.2) is 72.8 Å². The van der Waals surface area contributed by atoms with Gasteiger partial charge in [0.05, 0.1) is 36.4 Å². The highest BCUT2D eigenvalue weighted by atomic mass is 32.1. The molecule has 1 amide bonds. The summed E-state index contributed by atoms with van der Waals surface area (Å²) in [5.41, 5.74) is 2.48. The second-order valence-corrected chi connectivity index (χ2v) is 8.54. The fraction of sp³-hybridized carbons (Fsp3) is 0.115. The van der Waals surface area contributed by atoms with Crippen molar-refractivity contribution in [1.82, 2.24) is 9.97 Å². The lowest BCUT2D eigenvalue weighted by Crippen LogP contribution is -2.13. The van der Waals surface area contributed by atoms with Crippen LogP contribution in [0, 0.1) is 0 Å². The van der Waals surface area contributed by atoms with Crippen molar-refractivity contribution in [2.24, 2.45) is 0 Å². The molecular weight excluding hydrogens is 450 g/mol. The third-order valence-corrected chi connectivity index (χ3v) is 6.14. The van der Waals surface area contributed by atoms with Gasteiger partial charge in [0.1, 0.15) is 5.75 Å². The van der Waals surface area contributed by atoms with Gasteiger partial charge >= 0.3 is 0 Å². The lowest BCUT2D eigenvalue weighted by molar-refractivity contribution is -0.115. The Hall–Kier alpha value is -4.17. The van der Waals surface area contributed by atoms with Gasteiger partial charge in [-0.25, -0.2) is 9.97 Å². The van der Waals surface area contributed by atoms with Crippen LogP contribution >= 0.6 is 11.3 Å². The van der Waals surface area contributed by atoms with Crippen molar-refractivity contribution in [3.05, 3.63) is 78.4 Å². The number of ether oxygens (including phenoxy) is 3. The van der Waals surface area contributed by atoms with E-state index in [1.807, 2.05) is 66.7 Å². The number of fused-ring (bicyclic) bond motifs is 2. The predicted molar refractivity (Wildman–Crippen MR) is 133 cm³/mol. The largest absolute Gasteiger partial charge is 0.493 e. The standard InChI is InChI=1S/C26H21N3O4S/c1-31-21-13-17-8-11-25(27-20(17)15-22(21)32-2)33-18-9-10-19-23(14-18)34-26(28-19)29-24(30)12-16-6-4-3-5-7-16/h3-11,13-15H,12H2,1-2H3,(H,28,29,30). The van der Waals surface area contributed by atoms with Gasteiger partial charge in [0.2, 0.25) is 11.8 Å². The second-order valence-electron chi connectivity index (χ2n) is 7.51. The molecule has 34 heavy (non-hydrogen) atoms. The molecule has 3 aromatic carbocycles. The molecule has 0 radical (unpaired) electrons. The molecule has 0 saturated carbocycles. The van der Waals surface area contributed by atoms with Gasteiger partial charge in [0, 0.05) is 23.6 Å². The van der Waals surface area contributed by atoms with Gasteiger partial charge in [-0.05, 0) is 29.8 Å². The van der Waals surface area contributed by atoms with Crippen LogP contribution in [-0.4, -0.2) is 30.1 Å². The maximum atomic E-state index is 12.4. The normalized spacial score (nSPS) is 10.9. The van der Waals surface area contributed by atoms with Crippen LogP contribution in [0.25, 0.3) is 21.1 Å². The van der Waals surface area contributed by atoms with E-state index in [4.69, 9.17) is 14.2 Å². The monoisotopic (exact) mass is 471 g/mol. The molecule has 2 aromatic heterocycles. The highest BCUT2D eigenvalue weighted by Crippen LogP contribution is 2.34. The van der Waals surface area contributed by atoms with E-state index in [0.717, 1.165) is 26.7 Å². The zero-order valence-electron chi connectivity index (χ0n) is 18.6. The number of amides is 1. The first-order valence-electron chi connectivity index (χ1n) is 10.6. The molecule has 2 heterocycles. The number of nitrogens with zero attached hydrogens (tertiary/aromatic N) is 2. The highest BCUT2D eigenvalue weighted by molar-refractivity contribution is 7.22. The number of pyridine rings is 1. The fourth-order valence-electron chi connectivity index (χ4n) is 3.58. The summed E-state index contributed by atoms with van der Waals surface area (Å²) in [4.78, 5) is 21.5. The van der Waals surface area contributed by atoms with E-state index < -0.39 is 0 Å². The Bertz CT molecular complexity index is 1480. The van der Waals surface area contributed by atoms with Gasteiger partial charge in [0.15, 0.2) is 16.6 Å². The molecular formula is C26H21N3O4S. The van der Waals surface area contributed by atoms with Gasteiger partial charge in [-0.2, -0.15) is 0 Å². The van der Waals surface area contributed by atoms with Crippen LogP contribution in [0.1, 0.15) is 5.56 Å². The maximum Gasteiger partial charge on any atom is 0.230 e. The first-order valence-corrected chi connectivity index (χ1v) is 11.4. The average Bonchev–Trinajstić information content (AvgIpc) is 3.25. The summed E-state index contributed by atoms with van der Waals surface area (Å²) in [6, 6.07) is 22.6. The van der Waals surface area contributed by atoms with Crippen LogP contribution in [-0.2, 0) is 11.2 Å². The quantitative estimate of drug-likeness (QED) is 0.321. The van der Waals surface area contributed by atoms with E-state index in [-0.39, 0.29) is 5.91 Å². The summed E-state index contributed by atoms with van der Waals surface area (Å²) in [6.45, 7) is 0. The Morgan fingerprint density at radius 1 is 0.882 bits per heavy atom. The van der Waals surface area contributed by atoms with Crippen LogP contribution in [0.3, 0.4) is 0 Å². The topological polar surface area (TPSA) is 82.6 Å². The molecule has 0 fully saturated rings. The van der Waals surface area contributed by atoms with E-state index in [2.05, 4.69) is 15.3 Å². The van der Waals surface area contributed by atoms with Gasteiger partial charge in [-0.15, -0.1) is 0 Å². The smallest absolute Gasteiger partial charge is 0.230 e. The van der Waals surface area contributed by atoms with Crippen molar-refractivity contribution in [1.29, 1.82) is 0 Å². The van der Waals surface area contributed by atoms with Gasteiger partial charge in [0.25, 0.3) is 0 Å². The summed E-state index contributed by atoms with van der Waals surface area (Å²) in [5, 5.41) is 4.35. The van der Waals surface area contributed by atoms with Crippen LogP contribution < -0.4 is 19.5 Å². The van der Waals surface area contributed by atoms with E-state index in [0.29, 0.717) is 34.7 Å². The summed E-state index contributed by atoms with van der Waals surface area (Å²) in [7, 11) is 3.19. The zero-order valence-corrected chi connectivity index (χ0v) is 19.4. The Morgan fingerprint density at radius 3 is 2.47 bits per heavy atom. The SMILES string of the molecule is COc1cc2ccc(Oc3ccc4nc(NC(=O)Cc5ccccc5)sc4c3)nc2cc1OC. The number of hydrogen-bond donors (Lipinski definition) is 1. The number of anilines is 1. The molecule has 0 aliphatic heterocycles. The fourth-order valence-corrected chi connectivity index (χ4v) is 4.49. The molecule has 0 atom stereocenters. The van der Waals surface area contributed by atoms with Crippen molar-refractivity contribution in [3.8, 4) is 23.1 Å². The number of aromatic nitrogens is 2. The molecule has 5 rings (SSSR count). The molecule has 170 valence electrons. The third-order valence-electron chi connectivity index (χ3n) is 5.21. The van der Waals surface area contributed by atoms with Crippen LogP contribution in [0.5, 0.6) is 23.1 Å². The number of carbonyl (C=O) groups excluding carboxylic acids is 1. The first-order chi connectivity index (χ1) is 16.6. The number of benzene rings is 3. The average molecular weight is 472 g/mol. The number of nitrogens with one attached hydrogen (secondary N) is 1. The maximum absolute atomic E-state index is 12.4. The molecule has 5 aromatic rings. The minimum absolute atomic E-state index is 0.103. The Kier molecular flexibility index (Phi) is 5.97. The highest BCUT2D eigenvalue weighted by Gasteiger charge is 2.11. The predicted octanol–water partition coefficient (Wildman–Crippen LogP) is 5.84. The van der Waals surface area contributed by atoms with E-state index in [1.165, 1.54) is 11.3 Å². The first kappa shape index (κ1) is 21.7. The summed E-state index contributed by atoms with van der Waals surface area (Å²) in [6.07, 6.45) is 0.301.